The number of aryl methyl sites for hydroxylation is 1. The number of carbonyl (C=O) groups is 2. The van der Waals surface area contributed by atoms with Crippen molar-refractivity contribution in [3.63, 3.8) is 0 Å². The van der Waals surface area contributed by atoms with Gasteiger partial charge in [-0.2, -0.15) is 0 Å². The van der Waals surface area contributed by atoms with Gasteiger partial charge < -0.3 is 13.9 Å². The molecular weight excluding hydrogens is 431 g/mol. The zero-order valence-electron chi connectivity index (χ0n) is 16.5. The standard InChI is InChI=1S/C22H18Cl2O6/c1-11-19(28-2)7-5-13-14(10-20(26)30-21(11)13)15(22(27)29-3)9-18(25)12-4-6-16(23)17(24)8-12/h4-8,10,15H,9H2,1-3H3. The number of fused-ring (bicyclic) bond motifs is 1. The first-order valence-electron chi connectivity index (χ1n) is 8.94. The maximum absolute atomic E-state index is 12.9. The minimum absolute atomic E-state index is 0.227. The number of rotatable bonds is 6. The van der Waals surface area contributed by atoms with E-state index < -0.39 is 17.5 Å². The summed E-state index contributed by atoms with van der Waals surface area (Å²) < 4.78 is 15.5. The third kappa shape index (κ3) is 4.20. The van der Waals surface area contributed by atoms with Crippen molar-refractivity contribution in [2.45, 2.75) is 19.3 Å². The number of hydrogen-bond acceptors (Lipinski definition) is 6. The quantitative estimate of drug-likeness (QED) is 0.301. The molecule has 1 unspecified atom stereocenters. The first kappa shape index (κ1) is 21.9. The van der Waals surface area contributed by atoms with Crippen LogP contribution in [0.4, 0.5) is 0 Å². The van der Waals surface area contributed by atoms with Crippen LogP contribution in [0.15, 0.2) is 45.6 Å². The topological polar surface area (TPSA) is 82.8 Å². The number of benzene rings is 2. The van der Waals surface area contributed by atoms with Crippen molar-refractivity contribution in [3.05, 3.63) is 73.6 Å². The summed E-state index contributed by atoms with van der Waals surface area (Å²) in [6, 6.07) is 9.06. The third-order valence-electron chi connectivity index (χ3n) is 4.86. The average Bonchev–Trinajstić information content (AvgIpc) is 2.73. The van der Waals surface area contributed by atoms with Gasteiger partial charge in [-0.25, -0.2) is 4.79 Å². The second-order valence-corrected chi connectivity index (χ2v) is 7.44. The molecule has 0 spiro atoms. The van der Waals surface area contributed by atoms with Gasteiger partial charge in [-0.1, -0.05) is 23.2 Å². The van der Waals surface area contributed by atoms with Crippen molar-refractivity contribution in [1.82, 2.24) is 0 Å². The Labute approximate surface area is 182 Å². The number of carbonyl (C=O) groups excluding carboxylic acids is 2. The molecule has 0 N–H and O–H groups in total. The van der Waals surface area contributed by atoms with Crippen molar-refractivity contribution in [1.29, 1.82) is 0 Å². The fourth-order valence-electron chi connectivity index (χ4n) is 3.31. The molecule has 0 radical (unpaired) electrons. The van der Waals surface area contributed by atoms with E-state index in [1.54, 1.807) is 19.1 Å². The molecule has 0 amide bonds. The van der Waals surface area contributed by atoms with Crippen molar-refractivity contribution >= 4 is 45.9 Å². The summed E-state index contributed by atoms with van der Waals surface area (Å²) in [7, 11) is 2.73. The lowest BCUT2D eigenvalue weighted by Crippen LogP contribution is -2.20. The molecule has 0 aliphatic rings. The smallest absolute Gasteiger partial charge is 0.336 e. The number of ether oxygens (including phenoxy) is 2. The van der Waals surface area contributed by atoms with Gasteiger partial charge in [0.15, 0.2) is 5.78 Å². The van der Waals surface area contributed by atoms with Gasteiger partial charge in [0.2, 0.25) is 0 Å². The van der Waals surface area contributed by atoms with Gasteiger partial charge in [-0.15, -0.1) is 0 Å². The monoisotopic (exact) mass is 448 g/mol. The number of Topliss-reactive ketones (excluding diaryl/α,β-unsaturated/α-hetero) is 1. The lowest BCUT2D eigenvalue weighted by molar-refractivity contribution is -0.142. The Kier molecular flexibility index (Phi) is 6.48. The summed E-state index contributed by atoms with van der Waals surface area (Å²) in [4.78, 5) is 37.7. The Morgan fingerprint density at radius 3 is 2.43 bits per heavy atom. The fraction of sp³-hybridized carbons (Fsp3) is 0.227. The second kappa shape index (κ2) is 8.90. The highest BCUT2D eigenvalue weighted by Gasteiger charge is 2.29. The van der Waals surface area contributed by atoms with E-state index in [0.29, 0.717) is 32.8 Å². The highest BCUT2D eigenvalue weighted by atomic mass is 35.5. The number of methoxy groups -OCH3 is 2. The molecule has 1 atom stereocenters. The molecule has 0 saturated carbocycles. The van der Waals surface area contributed by atoms with E-state index in [1.165, 1.54) is 38.5 Å². The molecule has 0 aliphatic heterocycles. The van der Waals surface area contributed by atoms with Crippen LogP contribution in [0.2, 0.25) is 10.0 Å². The Bertz CT molecular complexity index is 1200. The summed E-state index contributed by atoms with van der Waals surface area (Å²) >= 11 is 11.9. The van der Waals surface area contributed by atoms with Gasteiger partial charge in [0.25, 0.3) is 0 Å². The molecule has 0 bridgehead atoms. The van der Waals surface area contributed by atoms with E-state index in [-0.39, 0.29) is 22.8 Å². The lowest BCUT2D eigenvalue weighted by Gasteiger charge is -2.17. The zero-order chi connectivity index (χ0) is 22.0. The summed E-state index contributed by atoms with van der Waals surface area (Å²) in [5.41, 5.74) is 0.876. The lowest BCUT2D eigenvalue weighted by atomic mass is 9.89. The average molecular weight is 449 g/mol. The molecule has 3 rings (SSSR count). The van der Waals surface area contributed by atoms with Crippen LogP contribution in [0.5, 0.6) is 5.75 Å². The molecule has 2 aromatic carbocycles. The summed E-state index contributed by atoms with van der Waals surface area (Å²) in [6.45, 7) is 1.74. The van der Waals surface area contributed by atoms with E-state index in [1.807, 2.05) is 0 Å². The maximum atomic E-state index is 12.9. The van der Waals surface area contributed by atoms with Gasteiger partial charge in [0.1, 0.15) is 11.3 Å². The van der Waals surface area contributed by atoms with E-state index in [0.717, 1.165) is 0 Å². The van der Waals surface area contributed by atoms with E-state index in [2.05, 4.69) is 0 Å². The molecule has 8 heteroatoms. The molecule has 0 saturated heterocycles. The van der Waals surface area contributed by atoms with Gasteiger partial charge in [-0.3, -0.25) is 9.59 Å². The van der Waals surface area contributed by atoms with Gasteiger partial charge in [0, 0.05) is 29.0 Å². The molecule has 3 aromatic rings. The fourth-order valence-corrected chi connectivity index (χ4v) is 3.61. The Morgan fingerprint density at radius 1 is 1.07 bits per heavy atom. The minimum Gasteiger partial charge on any atom is -0.496 e. The van der Waals surface area contributed by atoms with Crippen LogP contribution in [0, 0.1) is 6.92 Å². The van der Waals surface area contributed by atoms with Gasteiger partial charge in [0.05, 0.1) is 30.2 Å². The van der Waals surface area contributed by atoms with Crippen LogP contribution >= 0.6 is 23.2 Å². The van der Waals surface area contributed by atoms with Crippen LogP contribution in [0.3, 0.4) is 0 Å². The maximum Gasteiger partial charge on any atom is 0.336 e. The number of ketones is 1. The number of hydrogen-bond donors (Lipinski definition) is 0. The highest BCUT2D eigenvalue weighted by molar-refractivity contribution is 6.42. The predicted octanol–water partition coefficient (Wildman–Crippen LogP) is 4.95. The van der Waals surface area contributed by atoms with Crippen molar-refractivity contribution < 1.29 is 23.5 Å². The van der Waals surface area contributed by atoms with Crippen molar-refractivity contribution in [3.8, 4) is 5.75 Å². The largest absolute Gasteiger partial charge is 0.496 e. The molecule has 6 nitrogen and oxygen atoms in total. The van der Waals surface area contributed by atoms with Crippen LogP contribution in [-0.2, 0) is 9.53 Å². The van der Waals surface area contributed by atoms with Crippen LogP contribution < -0.4 is 10.4 Å². The first-order chi connectivity index (χ1) is 14.3. The Hall–Kier alpha value is -2.83. The Morgan fingerprint density at radius 2 is 1.80 bits per heavy atom. The summed E-state index contributed by atoms with van der Waals surface area (Å²) in [5.74, 6) is -1.49. The summed E-state index contributed by atoms with van der Waals surface area (Å²) in [5, 5.41) is 1.06. The highest BCUT2D eigenvalue weighted by Crippen LogP contribution is 2.34. The van der Waals surface area contributed by atoms with Crippen LogP contribution in [-0.4, -0.2) is 26.0 Å². The third-order valence-corrected chi connectivity index (χ3v) is 5.59. The normalized spacial score (nSPS) is 11.9. The van der Waals surface area contributed by atoms with Crippen molar-refractivity contribution in [2.24, 2.45) is 0 Å². The van der Waals surface area contributed by atoms with E-state index >= 15 is 0 Å². The number of halogens is 2. The molecule has 0 fully saturated rings. The van der Waals surface area contributed by atoms with E-state index in [4.69, 9.17) is 37.1 Å². The molecule has 156 valence electrons. The number of esters is 1. The van der Waals surface area contributed by atoms with Gasteiger partial charge in [-0.05, 0) is 42.8 Å². The SMILES string of the molecule is COC(=O)C(CC(=O)c1ccc(Cl)c(Cl)c1)c1cc(=O)oc2c(C)c(OC)ccc12. The zero-order valence-corrected chi connectivity index (χ0v) is 18.0. The molecule has 1 heterocycles. The van der Waals surface area contributed by atoms with Crippen LogP contribution in [0.25, 0.3) is 11.0 Å². The molecule has 30 heavy (non-hydrogen) atoms. The predicted molar refractivity (Wildman–Crippen MR) is 114 cm³/mol. The van der Waals surface area contributed by atoms with Crippen molar-refractivity contribution in [2.75, 3.05) is 14.2 Å². The van der Waals surface area contributed by atoms with Gasteiger partial charge >= 0.3 is 11.6 Å². The summed E-state index contributed by atoms with van der Waals surface area (Å²) in [6.07, 6.45) is -0.228. The molecular formula is C22H18Cl2O6. The molecule has 1 aromatic heterocycles. The van der Waals surface area contributed by atoms with Crippen LogP contribution in [0.1, 0.15) is 33.8 Å². The first-order valence-corrected chi connectivity index (χ1v) is 9.69. The molecule has 0 aliphatic carbocycles. The second-order valence-electron chi connectivity index (χ2n) is 6.62. The van der Waals surface area contributed by atoms with E-state index in [9.17, 15) is 14.4 Å². The Balaban J connectivity index is 2.12. The minimum atomic E-state index is -1.02.